The average molecular weight is 168 g/mol. The Labute approximate surface area is 70.5 Å². The molecule has 1 aromatic carbocycles. The van der Waals surface area contributed by atoms with E-state index in [9.17, 15) is 4.39 Å². The Morgan fingerprint density at radius 2 is 2.25 bits per heavy atom. The van der Waals surface area contributed by atoms with Crippen molar-refractivity contribution < 1.29 is 9.41 Å². The van der Waals surface area contributed by atoms with E-state index in [1.807, 2.05) is 0 Å². The van der Waals surface area contributed by atoms with Crippen LogP contribution in [0.3, 0.4) is 0 Å². The summed E-state index contributed by atoms with van der Waals surface area (Å²) in [5, 5.41) is 11.5. The molecule has 64 valence electrons. The molecule has 1 aromatic rings. The molecule has 3 nitrogen and oxygen atoms in total. The van der Waals surface area contributed by atoms with E-state index in [0.717, 1.165) is 0 Å². The third-order valence-corrected chi connectivity index (χ3v) is 1.38. The van der Waals surface area contributed by atoms with Gasteiger partial charge in [0.1, 0.15) is 5.82 Å². The number of rotatable bonds is 2. The van der Waals surface area contributed by atoms with E-state index in [0.29, 0.717) is 5.69 Å². The fraction of sp³-hybridized carbons (Fsp3) is 0.143. The number of halogens is 1. The predicted molar refractivity (Wildman–Crippen MR) is 48.3 cm³/mol. The molecule has 0 saturated carbocycles. The summed E-state index contributed by atoms with van der Waals surface area (Å²) in [6, 6.07) is 4.28. The predicted octanol–water partition coefficient (Wildman–Crippen LogP) is 0.930. The Kier molecular flexibility index (Phi) is 2.55. The smallest absolute Gasteiger partial charge is 0.406 e. The van der Waals surface area contributed by atoms with Crippen molar-refractivity contribution in [2.45, 2.75) is 6.82 Å². The van der Waals surface area contributed by atoms with Crippen molar-refractivity contribution in [3.05, 3.63) is 24.0 Å². The molecular formula is C7H10BFN2O. The lowest BCUT2D eigenvalue weighted by molar-refractivity contribution is 0.586. The molecule has 0 radical (unpaired) electrons. The maximum absolute atomic E-state index is 12.8. The number of nitrogen functional groups attached to an aromatic ring is 1. The Morgan fingerprint density at radius 3 is 2.75 bits per heavy atom. The third-order valence-electron chi connectivity index (χ3n) is 1.38. The Balaban J connectivity index is 2.82. The van der Waals surface area contributed by atoms with Gasteiger partial charge in [0.2, 0.25) is 0 Å². The van der Waals surface area contributed by atoms with Gasteiger partial charge in [-0.3, -0.25) is 0 Å². The molecular weight excluding hydrogens is 158 g/mol. The van der Waals surface area contributed by atoms with Gasteiger partial charge >= 0.3 is 7.05 Å². The standard InChI is InChI=1S/C7H10BFN2O/c1-8(12)11-5-2-3-7(10)6(9)4-5/h2-4,11-12H,10H2,1H3. The van der Waals surface area contributed by atoms with Crippen LogP contribution in [-0.2, 0) is 0 Å². The molecule has 0 fully saturated rings. The third kappa shape index (κ3) is 2.13. The molecule has 0 aliphatic heterocycles. The molecule has 0 heterocycles. The lowest BCUT2D eigenvalue weighted by Gasteiger charge is -2.06. The van der Waals surface area contributed by atoms with Crippen LogP contribution in [0.2, 0.25) is 6.82 Å². The molecule has 0 saturated heterocycles. The summed E-state index contributed by atoms with van der Waals surface area (Å²) in [4.78, 5) is 0. The summed E-state index contributed by atoms with van der Waals surface area (Å²) in [7, 11) is -0.701. The van der Waals surface area contributed by atoms with Crippen LogP contribution < -0.4 is 11.0 Å². The second-order valence-electron chi connectivity index (χ2n) is 2.56. The minimum Gasteiger partial charge on any atom is -0.433 e. The lowest BCUT2D eigenvalue weighted by atomic mass is 9.88. The van der Waals surface area contributed by atoms with E-state index in [1.165, 1.54) is 12.1 Å². The van der Waals surface area contributed by atoms with E-state index in [2.05, 4.69) is 5.23 Å². The van der Waals surface area contributed by atoms with Crippen molar-refractivity contribution in [3.8, 4) is 0 Å². The number of hydrogen-bond acceptors (Lipinski definition) is 3. The van der Waals surface area contributed by atoms with Crippen molar-refractivity contribution in [1.29, 1.82) is 0 Å². The highest BCUT2D eigenvalue weighted by molar-refractivity contribution is 6.52. The van der Waals surface area contributed by atoms with Crippen molar-refractivity contribution >= 4 is 18.4 Å². The first-order valence-electron chi connectivity index (χ1n) is 3.59. The highest BCUT2D eigenvalue weighted by Crippen LogP contribution is 2.15. The van der Waals surface area contributed by atoms with E-state index >= 15 is 0 Å². The second kappa shape index (κ2) is 3.45. The van der Waals surface area contributed by atoms with Crippen LogP contribution in [0.1, 0.15) is 0 Å². The lowest BCUT2D eigenvalue weighted by Crippen LogP contribution is -2.19. The molecule has 1 rings (SSSR count). The summed E-state index contributed by atoms with van der Waals surface area (Å²) in [5.74, 6) is -0.486. The van der Waals surface area contributed by atoms with Gasteiger partial charge in [-0.05, 0) is 25.0 Å². The maximum Gasteiger partial charge on any atom is 0.406 e. The molecule has 0 aliphatic carbocycles. The van der Waals surface area contributed by atoms with E-state index in [1.54, 1.807) is 12.9 Å². The van der Waals surface area contributed by atoms with Crippen molar-refractivity contribution in [2.75, 3.05) is 11.0 Å². The van der Waals surface area contributed by atoms with Crippen molar-refractivity contribution in [2.24, 2.45) is 0 Å². The van der Waals surface area contributed by atoms with Crippen molar-refractivity contribution in [3.63, 3.8) is 0 Å². The first-order chi connectivity index (χ1) is 5.59. The van der Waals surface area contributed by atoms with Crippen LogP contribution in [-0.4, -0.2) is 12.1 Å². The molecule has 0 amide bonds. The van der Waals surface area contributed by atoms with Crippen LogP contribution in [0.15, 0.2) is 18.2 Å². The van der Waals surface area contributed by atoms with E-state index in [4.69, 9.17) is 10.8 Å². The Hall–Kier alpha value is -1.23. The molecule has 5 heteroatoms. The van der Waals surface area contributed by atoms with Crippen LogP contribution in [0.4, 0.5) is 15.8 Å². The molecule has 0 aromatic heterocycles. The van der Waals surface area contributed by atoms with Gasteiger partial charge in [0.15, 0.2) is 0 Å². The highest BCUT2D eigenvalue weighted by Gasteiger charge is 2.04. The van der Waals surface area contributed by atoms with Crippen LogP contribution >= 0.6 is 0 Å². The Morgan fingerprint density at radius 1 is 1.58 bits per heavy atom. The zero-order chi connectivity index (χ0) is 9.14. The van der Waals surface area contributed by atoms with Gasteiger partial charge in [-0.25, -0.2) is 4.39 Å². The summed E-state index contributed by atoms with van der Waals surface area (Å²) in [6.07, 6.45) is 0. The SMILES string of the molecule is CB(O)Nc1ccc(N)c(F)c1. The first kappa shape index (κ1) is 8.87. The number of nitrogens with two attached hydrogens (primary N) is 1. The van der Waals surface area contributed by atoms with Crippen molar-refractivity contribution in [1.82, 2.24) is 0 Å². The van der Waals surface area contributed by atoms with Gasteiger partial charge in [0, 0.05) is 5.69 Å². The van der Waals surface area contributed by atoms with Gasteiger partial charge in [0.05, 0.1) is 5.69 Å². The number of nitrogens with one attached hydrogen (secondary N) is 1. The monoisotopic (exact) mass is 168 g/mol. The van der Waals surface area contributed by atoms with E-state index < -0.39 is 12.9 Å². The normalized spacial score (nSPS) is 9.58. The number of anilines is 2. The molecule has 0 bridgehead atoms. The summed E-state index contributed by atoms with van der Waals surface area (Å²) < 4.78 is 12.8. The zero-order valence-electron chi connectivity index (χ0n) is 6.71. The molecule has 0 spiro atoms. The van der Waals surface area contributed by atoms with Gasteiger partial charge < -0.3 is 16.0 Å². The summed E-state index contributed by atoms with van der Waals surface area (Å²) in [6.45, 7) is 1.55. The quantitative estimate of drug-likeness (QED) is 0.454. The van der Waals surface area contributed by atoms with E-state index in [-0.39, 0.29) is 5.69 Å². The minimum absolute atomic E-state index is 0.103. The molecule has 4 N–H and O–H groups in total. The topological polar surface area (TPSA) is 58.3 Å². The first-order valence-corrected chi connectivity index (χ1v) is 3.59. The summed E-state index contributed by atoms with van der Waals surface area (Å²) in [5.41, 5.74) is 5.87. The average Bonchev–Trinajstić information content (AvgIpc) is 1.96. The fourth-order valence-electron chi connectivity index (χ4n) is 0.858. The zero-order valence-corrected chi connectivity index (χ0v) is 6.71. The molecule has 12 heavy (non-hydrogen) atoms. The van der Waals surface area contributed by atoms with Crippen LogP contribution in [0, 0.1) is 5.82 Å². The number of benzene rings is 1. The molecule has 0 atom stereocenters. The maximum atomic E-state index is 12.8. The van der Waals surface area contributed by atoms with Gasteiger partial charge in [-0.1, -0.05) is 0 Å². The molecule has 0 aliphatic rings. The summed E-state index contributed by atoms with van der Waals surface area (Å²) >= 11 is 0. The van der Waals surface area contributed by atoms with Crippen LogP contribution in [0.5, 0.6) is 0 Å². The number of hydrogen-bond donors (Lipinski definition) is 3. The fourth-order valence-corrected chi connectivity index (χ4v) is 0.858. The highest BCUT2D eigenvalue weighted by atomic mass is 19.1. The van der Waals surface area contributed by atoms with Gasteiger partial charge in [-0.2, -0.15) is 0 Å². The molecule has 0 unspecified atom stereocenters. The van der Waals surface area contributed by atoms with Crippen LogP contribution in [0.25, 0.3) is 0 Å². The van der Waals surface area contributed by atoms with Gasteiger partial charge in [0.25, 0.3) is 0 Å². The second-order valence-corrected chi connectivity index (χ2v) is 2.56. The largest absolute Gasteiger partial charge is 0.433 e. The Bertz CT molecular complexity index is 280. The minimum atomic E-state index is -0.701. The van der Waals surface area contributed by atoms with Gasteiger partial charge in [-0.15, -0.1) is 0 Å².